The average molecular weight is 380 g/mol. The van der Waals surface area contributed by atoms with Gasteiger partial charge >= 0.3 is 0 Å². The Labute approximate surface area is 161 Å². The molecule has 4 N–H and O–H groups in total. The van der Waals surface area contributed by atoms with Gasteiger partial charge in [-0.3, -0.25) is 9.59 Å². The van der Waals surface area contributed by atoms with Crippen LogP contribution in [0, 0.1) is 6.92 Å². The summed E-state index contributed by atoms with van der Waals surface area (Å²) in [5, 5.41) is 13.0. The van der Waals surface area contributed by atoms with Crippen molar-refractivity contribution in [2.75, 3.05) is 23.5 Å². The molecule has 0 aliphatic carbocycles. The fourth-order valence-electron chi connectivity index (χ4n) is 2.44. The second kappa shape index (κ2) is 8.21. The molecule has 28 heavy (non-hydrogen) atoms. The van der Waals surface area contributed by atoms with Crippen molar-refractivity contribution in [3.8, 4) is 5.75 Å². The van der Waals surface area contributed by atoms with E-state index in [1.807, 2.05) is 19.1 Å². The molecule has 2 amide bonds. The maximum Gasteiger partial charge on any atom is 0.280 e. The Bertz CT molecular complexity index is 980. The molecule has 0 radical (unpaired) electrons. The lowest BCUT2D eigenvalue weighted by Gasteiger charge is -2.07. The van der Waals surface area contributed by atoms with Gasteiger partial charge in [-0.25, -0.2) is 4.68 Å². The number of methoxy groups -OCH3 is 1. The Morgan fingerprint density at radius 3 is 2.29 bits per heavy atom. The first-order valence-electron chi connectivity index (χ1n) is 8.47. The van der Waals surface area contributed by atoms with E-state index < -0.39 is 5.91 Å². The number of nitrogens with zero attached hydrogens (tertiary/aromatic N) is 3. The number of benzene rings is 2. The van der Waals surface area contributed by atoms with Crippen LogP contribution in [0.15, 0.2) is 48.5 Å². The number of anilines is 3. The quantitative estimate of drug-likeness (QED) is 0.601. The Hall–Kier alpha value is -3.88. The van der Waals surface area contributed by atoms with E-state index in [-0.39, 0.29) is 24.0 Å². The number of aromatic nitrogens is 3. The first kappa shape index (κ1) is 18.9. The summed E-state index contributed by atoms with van der Waals surface area (Å²) in [5.74, 6) is -0.160. The summed E-state index contributed by atoms with van der Waals surface area (Å²) in [6.45, 7) is 1.77. The third-order valence-corrected chi connectivity index (χ3v) is 3.97. The molecule has 0 unspecified atom stereocenters. The lowest BCUT2D eigenvalue weighted by atomic mass is 10.2. The van der Waals surface area contributed by atoms with Crippen LogP contribution in [0.2, 0.25) is 0 Å². The highest BCUT2D eigenvalue weighted by atomic mass is 16.5. The minimum atomic E-state index is -0.497. The van der Waals surface area contributed by atoms with Crippen molar-refractivity contribution in [3.05, 3.63) is 59.8 Å². The van der Waals surface area contributed by atoms with Gasteiger partial charge in [0.25, 0.3) is 5.91 Å². The summed E-state index contributed by atoms with van der Waals surface area (Å²) in [5.41, 5.74) is 8.19. The molecule has 0 spiro atoms. The Kier molecular flexibility index (Phi) is 5.54. The molecule has 1 heterocycles. The van der Waals surface area contributed by atoms with Crippen molar-refractivity contribution < 1.29 is 14.3 Å². The molecule has 0 saturated heterocycles. The van der Waals surface area contributed by atoms with Gasteiger partial charge < -0.3 is 21.1 Å². The third-order valence-electron chi connectivity index (χ3n) is 3.97. The van der Waals surface area contributed by atoms with Crippen LogP contribution in [0.4, 0.5) is 17.2 Å². The van der Waals surface area contributed by atoms with Gasteiger partial charge in [-0.05, 0) is 43.3 Å². The summed E-state index contributed by atoms with van der Waals surface area (Å²) < 4.78 is 6.24. The lowest BCUT2D eigenvalue weighted by Crippen LogP contribution is -2.21. The number of amides is 2. The van der Waals surface area contributed by atoms with Crippen molar-refractivity contribution in [1.82, 2.24) is 15.0 Å². The zero-order valence-electron chi connectivity index (χ0n) is 15.5. The summed E-state index contributed by atoms with van der Waals surface area (Å²) >= 11 is 0. The van der Waals surface area contributed by atoms with Gasteiger partial charge in [-0.1, -0.05) is 22.9 Å². The number of nitrogens with one attached hydrogen (secondary N) is 2. The predicted octanol–water partition coefficient (Wildman–Crippen LogP) is 2.07. The van der Waals surface area contributed by atoms with E-state index in [1.165, 1.54) is 4.68 Å². The molecule has 9 nitrogen and oxygen atoms in total. The van der Waals surface area contributed by atoms with Gasteiger partial charge in [0.2, 0.25) is 5.91 Å². The number of carbonyl (C=O) groups excluding carboxylic acids is 2. The van der Waals surface area contributed by atoms with Gasteiger partial charge in [-0.2, -0.15) is 0 Å². The van der Waals surface area contributed by atoms with E-state index in [9.17, 15) is 9.59 Å². The SMILES string of the molecule is COc1ccc(NC(=O)Cn2nnc(C(=O)Nc3ccc(C)cc3)c2N)cc1. The fraction of sp³-hybridized carbons (Fsp3) is 0.158. The van der Waals surface area contributed by atoms with E-state index in [0.29, 0.717) is 17.1 Å². The first-order valence-corrected chi connectivity index (χ1v) is 8.47. The van der Waals surface area contributed by atoms with Crippen LogP contribution < -0.4 is 21.1 Å². The third kappa shape index (κ3) is 4.44. The second-order valence-electron chi connectivity index (χ2n) is 6.08. The van der Waals surface area contributed by atoms with Crippen LogP contribution in [0.1, 0.15) is 16.1 Å². The molecule has 0 aliphatic heterocycles. The van der Waals surface area contributed by atoms with E-state index in [1.54, 1.807) is 43.5 Å². The molecule has 3 aromatic rings. The highest BCUT2D eigenvalue weighted by molar-refractivity contribution is 6.05. The minimum Gasteiger partial charge on any atom is -0.497 e. The first-order chi connectivity index (χ1) is 13.5. The highest BCUT2D eigenvalue weighted by Gasteiger charge is 2.19. The molecular formula is C19H20N6O3. The van der Waals surface area contributed by atoms with Crippen LogP contribution in [-0.2, 0) is 11.3 Å². The molecule has 0 bridgehead atoms. The van der Waals surface area contributed by atoms with Gasteiger partial charge in [-0.15, -0.1) is 5.10 Å². The van der Waals surface area contributed by atoms with Crippen molar-refractivity contribution in [2.24, 2.45) is 0 Å². The molecule has 9 heteroatoms. The number of carbonyl (C=O) groups is 2. The molecule has 0 fully saturated rings. The maximum absolute atomic E-state index is 12.4. The van der Waals surface area contributed by atoms with Gasteiger partial charge in [0.1, 0.15) is 12.3 Å². The topological polar surface area (TPSA) is 124 Å². The summed E-state index contributed by atoms with van der Waals surface area (Å²) in [4.78, 5) is 24.6. The largest absolute Gasteiger partial charge is 0.497 e. The van der Waals surface area contributed by atoms with Crippen molar-refractivity contribution in [1.29, 1.82) is 0 Å². The van der Waals surface area contributed by atoms with Gasteiger partial charge in [0.15, 0.2) is 11.5 Å². The van der Waals surface area contributed by atoms with Gasteiger partial charge in [0, 0.05) is 11.4 Å². The number of ether oxygens (including phenoxy) is 1. The minimum absolute atomic E-state index is 0.00879. The highest BCUT2D eigenvalue weighted by Crippen LogP contribution is 2.16. The van der Waals surface area contributed by atoms with Crippen LogP contribution in [-0.4, -0.2) is 33.9 Å². The van der Waals surface area contributed by atoms with Crippen LogP contribution in [0.25, 0.3) is 0 Å². The zero-order valence-corrected chi connectivity index (χ0v) is 15.5. The Morgan fingerprint density at radius 2 is 1.64 bits per heavy atom. The summed E-state index contributed by atoms with van der Waals surface area (Å²) in [6, 6.07) is 14.2. The molecular weight excluding hydrogens is 360 g/mol. The average Bonchev–Trinajstić information content (AvgIpc) is 3.04. The molecule has 0 atom stereocenters. The summed E-state index contributed by atoms with van der Waals surface area (Å²) in [6.07, 6.45) is 0. The molecule has 1 aromatic heterocycles. The zero-order chi connectivity index (χ0) is 20.1. The molecule has 2 aromatic carbocycles. The lowest BCUT2D eigenvalue weighted by molar-refractivity contribution is -0.116. The van der Waals surface area contributed by atoms with Crippen LogP contribution in [0.3, 0.4) is 0 Å². The van der Waals surface area contributed by atoms with Gasteiger partial charge in [0.05, 0.1) is 7.11 Å². The maximum atomic E-state index is 12.4. The second-order valence-corrected chi connectivity index (χ2v) is 6.08. The van der Waals surface area contributed by atoms with Crippen LogP contribution in [0.5, 0.6) is 5.75 Å². The molecule has 3 rings (SSSR count). The normalized spacial score (nSPS) is 10.4. The van der Waals surface area contributed by atoms with E-state index in [2.05, 4.69) is 20.9 Å². The van der Waals surface area contributed by atoms with E-state index in [0.717, 1.165) is 5.56 Å². The number of hydrogen-bond acceptors (Lipinski definition) is 6. The smallest absolute Gasteiger partial charge is 0.280 e. The number of rotatable bonds is 6. The number of aryl methyl sites for hydroxylation is 1. The van der Waals surface area contributed by atoms with Crippen molar-refractivity contribution in [3.63, 3.8) is 0 Å². The fourth-order valence-corrected chi connectivity index (χ4v) is 2.44. The predicted molar refractivity (Wildman–Crippen MR) is 105 cm³/mol. The molecule has 0 saturated carbocycles. The van der Waals surface area contributed by atoms with Crippen molar-refractivity contribution in [2.45, 2.75) is 13.5 Å². The number of nitrogen functional groups attached to an aromatic ring is 1. The molecule has 144 valence electrons. The van der Waals surface area contributed by atoms with E-state index in [4.69, 9.17) is 10.5 Å². The monoisotopic (exact) mass is 380 g/mol. The Morgan fingerprint density at radius 1 is 1.04 bits per heavy atom. The van der Waals surface area contributed by atoms with Crippen LogP contribution >= 0.6 is 0 Å². The number of nitrogens with two attached hydrogens (primary N) is 1. The summed E-state index contributed by atoms with van der Waals surface area (Å²) in [7, 11) is 1.56. The Balaban J connectivity index is 1.63. The standard InChI is InChI=1S/C19H20N6O3/c1-12-3-5-14(6-4-12)22-19(27)17-18(20)25(24-23-17)11-16(26)21-13-7-9-15(28-2)10-8-13/h3-10H,11,20H2,1-2H3,(H,21,26)(H,22,27). The number of hydrogen-bond donors (Lipinski definition) is 3. The van der Waals surface area contributed by atoms with Crippen molar-refractivity contribution >= 4 is 29.0 Å². The van der Waals surface area contributed by atoms with E-state index >= 15 is 0 Å². The molecule has 0 aliphatic rings.